The maximum Gasteiger partial charge on any atom is 0.321 e. The number of carbonyl (C=O) groups excluding carboxylic acids is 1. The van der Waals surface area contributed by atoms with Crippen LogP contribution in [0.3, 0.4) is 0 Å². The average molecular weight is 252 g/mol. The smallest absolute Gasteiger partial charge is 0.321 e. The standard InChI is InChI=1S/C11H16N4O3/c16-11(9-4-5-10(14-9)15(17)18)13-7-8-3-1-2-6-12-8/h4-5,8,12,14H,1-3,6-7H2,(H,13,16). The second kappa shape index (κ2) is 5.63. The summed E-state index contributed by atoms with van der Waals surface area (Å²) in [7, 11) is 0. The Bertz CT molecular complexity index is 437. The quantitative estimate of drug-likeness (QED) is 0.545. The van der Waals surface area contributed by atoms with E-state index in [4.69, 9.17) is 0 Å². The number of piperidine rings is 1. The Kier molecular flexibility index (Phi) is 3.93. The number of hydrogen-bond acceptors (Lipinski definition) is 4. The fourth-order valence-electron chi connectivity index (χ4n) is 2.03. The van der Waals surface area contributed by atoms with Crippen molar-refractivity contribution in [3.05, 3.63) is 27.9 Å². The highest BCUT2D eigenvalue weighted by Gasteiger charge is 2.17. The number of hydrogen-bond donors (Lipinski definition) is 3. The molecular weight excluding hydrogens is 236 g/mol. The van der Waals surface area contributed by atoms with Crippen molar-refractivity contribution < 1.29 is 9.72 Å². The van der Waals surface area contributed by atoms with Crippen LogP contribution in [-0.4, -0.2) is 34.9 Å². The van der Waals surface area contributed by atoms with Crippen LogP contribution in [0.4, 0.5) is 5.82 Å². The predicted molar refractivity (Wildman–Crippen MR) is 65.4 cm³/mol. The molecule has 1 aromatic heterocycles. The van der Waals surface area contributed by atoms with Gasteiger partial charge in [-0.1, -0.05) is 6.42 Å². The first-order valence-electron chi connectivity index (χ1n) is 6.02. The Morgan fingerprint density at radius 1 is 1.50 bits per heavy atom. The number of amides is 1. The van der Waals surface area contributed by atoms with Gasteiger partial charge in [0.1, 0.15) is 0 Å². The number of aromatic nitrogens is 1. The van der Waals surface area contributed by atoms with Crippen LogP contribution < -0.4 is 10.6 Å². The fraction of sp³-hybridized carbons (Fsp3) is 0.545. The van der Waals surface area contributed by atoms with Gasteiger partial charge in [0.25, 0.3) is 5.91 Å². The van der Waals surface area contributed by atoms with E-state index in [0.29, 0.717) is 12.6 Å². The maximum atomic E-state index is 11.7. The molecule has 1 unspecified atom stereocenters. The molecule has 1 atom stereocenters. The van der Waals surface area contributed by atoms with Crippen LogP contribution in [0.15, 0.2) is 12.1 Å². The third-order valence-electron chi connectivity index (χ3n) is 3.03. The molecule has 18 heavy (non-hydrogen) atoms. The highest BCUT2D eigenvalue weighted by molar-refractivity contribution is 5.92. The van der Waals surface area contributed by atoms with Crippen molar-refractivity contribution in [3.63, 3.8) is 0 Å². The summed E-state index contributed by atoms with van der Waals surface area (Å²) in [6.07, 6.45) is 3.39. The number of nitrogens with zero attached hydrogens (tertiary/aromatic N) is 1. The Balaban J connectivity index is 1.84. The van der Waals surface area contributed by atoms with Gasteiger partial charge in [-0.25, -0.2) is 4.98 Å². The van der Waals surface area contributed by atoms with Crippen molar-refractivity contribution in [1.82, 2.24) is 15.6 Å². The van der Waals surface area contributed by atoms with Gasteiger partial charge in [-0.05, 0) is 30.4 Å². The third-order valence-corrected chi connectivity index (χ3v) is 3.03. The van der Waals surface area contributed by atoms with Gasteiger partial charge in [0.05, 0.1) is 0 Å². The van der Waals surface area contributed by atoms with E-state index in [-0.39, 0.29) is 17.4 Å². The number of aromatic amines is 1. The van der Waals surface area contributed by atoms with Gasteiger partial charge in [-0.15, -0.1) is 0 Å². The van der Waals surface area contributed by atoms with E-state index in [1.807, 2.05) is 0 Å². The molecule has 0 radical (unpaired) electrons. The molecule has 0 bridgehead atoms. The second-order valence-corrected chi connectivity index (χ2v) is 4.37. The molecule has 7 nitrogen and oxygen atoms in total. The van der Waals surface area contributed by atoms with Crippen molar-refractivity contribution >= 4 is 11.7 Å². The molecule has 1 saturated heterocycles. The van der Waals surface area contributed by atoms with Gasteiger partial charge < -0.3 is 20.7 Å². The van der Waals surface area contributed by atoms with Crippen LogP contribution in [0.5, 0.6) is 0 Å². The molecule has 3 N–H and O–H groups in total. The second-order valence-electron chi connectivity index (χ2n) is 4.37. The summed E-state index contributed by atoms with van der Waals surface area (Å²) in [5, 5.41) is 16.6. The van der Waals surface area contributed by atoms with Gasteiger partial charge in [0.2, 0.25) is 0 Å². The van der Waals surface area contributed by atoms with Crippen molar-refractivity contribution in [2.45, 2.75) is 25.3 Å². The SMILES string of the molecule is O=C(NCC1CCCCN1)c1ccc([N+](=O)[O-])[nH]1. The van der Waals surface area contributed by atoms with E-state index in [1.165, 1.54) is 25.0 Å². The van der Waals surface area contributed by atoms with Crippen molar-refractivity contribution in [3.8, 4) is 0 Å². The highest BCUT2D eigenvalue weighted by atomic mass is 16.6. The summed E-state index contributed by atoms with van der Waals surface area (Å²) < 4.78 is 0. The normalized spacial score (nSPS) is 19.4. The monoisotopic (exact) mass is 252 g/mol. The number of H-pyrrole nitrogens is 1. The molecule has 2 heterocycles. The first-order chi connectivity index (χ1) is 8.66. The molecule has 0 saturated carbocycles. The minimum Gasteiger partial charge on any atom is -0.358 e. The zero-order chi connectivity index (χ0) is 13.0. The van der Waals surface area contributed by atoms with Crippen molar-refractivity contribution in [2.75, 3.05) is 13.1 Å². The summed E-state index contributed by atoms with van der Waals surface area (Å²) in [6.45, 7) is 1.53. The lowest BCUT2D eigenvalue weighted by Gasteiger charge is -2.23. The van der Waals surface area contributed by atoms with Crippen LogP contribution in [-0.2, 0) is 0 Å². The Labute approximate surface area is 104 Å². The maximum absolute atomic E-state index is 11.7. The Hall–Kier alpha value is -1.89. The van der Waals surface area contributed by atoms with Crippen molar-refractivity contribution in [1.29, 1.82) is 0 Å². The number of carbonyl (C=O) groups is 1. The molecule has 7 heteroatoms. The number of rotatable bonds is 4. The zero-order valence-corrected chi connectivity index (χ0v) is 9.94. The van der Waals surface area contributed by atoms with Crippen LogP contribution >= 0.6 is 0 Å². The van der Waals surface area contributed by atoms with Gasteiger partial charge in [-0.3, -0.25) is 4.79 Å². The minimum absolute atomic E-state index is 0.170. The predicted octanol–water partition coefficient (Wildman–Crippen LogP) is 0.795. The largest absolute Gasteiger partial charge is 0.358 e. The highest BCUT2D eigenvalue weighted by Crippen LogP contribution is 2.10. The lowest BCUT2D eigenvalue weighted by molar-refractivity contribution is -0.389. The van der Waals surface area contributed by atoms with Gasteiger partial charge >= 0.3 is 5.82 Å². The Morgan fingerprint density at radius 3 is 2.94 bits per heavy atom. The minimum atomic E-state index is -0.556. The van der Waals surface area contributed by atoms with Gasteiger partial charge in [0.15, 0.2) is 5.69 Å². The number of nitrogens with one attached hydrogen (secondary N) is 3. The molecule has 0 aliphatic carbocycles. The van der Waals surface area contributed by atoms with Crippen LogP contribution in [0, 0.1) is 10.1 Å². The molecule has 1 amide bonds. The topological polar surface area (TPSA) is 100 Å². The molecule has 1 aromatic rings. The van der Waals surface area contributed by atoms with Gasteiger partial charge in [0, 0.05) is 18.7 Å². The van der Waals surface area contributed by atoms with E-state index >= 15 is 0 Å². The number of nitro groups is 1. The average Bonchev–Trinajstić information content (AvgIpc) is 2.87. The lowest BCUT2D eigenvalue weighted by Crippen LogP contribution is -2.43. The molecule has 1 fully saturated rings. The van der Waals surface area contributed by atoms with Crippen LogP contribution in [0.25, 0.3) is 0 Å². The van der Waals surface area contributed by atoms with E-state index in [1.54, 1.807) is 0 Å². The summed E-state index contributed by atoms with van der Waals surface area (Å²) in [6, 6.07) is 3.00. The molecule has 1 aliphatic heterocycles. The first-order valence-corrected chi connectivity index (χ1v) is 6.02. The van der Waals surface area contributed by atoms with E-state index < -0.39 is 4.92 Å². The summed E-state index contributed by atoms with van der Waals surface area (Å²) in [5.41, 5.74) is 0.220. The molecule has 98 valence electrons. The summed E-state index contributed by atoms with van der Waals surface area (Å²) in [5.74, 6) is -0.480. The summed E-state index contributed by atoms with van der Waals surface area (Å²) in [4.78, 5) is 24.1. The molecule has 0 spiro atoms. The van der Waals surface area contributed by atoms with Gasteiger partial charge in [-0.2, -0.15) is 0 Å². The third kappa shape index (κ3) is 3.07. The first kappa shape index (κ1) is 12.6. The Morgan fingerprint density at radius 2 is 2.33 bits per heavy atom. The molecule has 2 rings (SSSR count). The fourth-order valence-corrected chi connectivity index (χ4v) is 2.03. The van der Waals surface area contributed by atoms with Crippen molar-refractivity contribution in [2.24, 2.45) is 0 Å². The zero-order valence-electron chi connectivity index (χ0n) is 9.94. The van der Waals surface area contributed by atoms with E-state index in [0.717, 1.165) is 13.0 Å². The molecule has 1 aliphatic rings. The van der Waals surface area contributed by atoms with Crippen LogP contribution in [0.1, 0.15) is 29.8 Å². The van der Waals surface area contributed by atoms with Crippen LogP contribution in [0.2, 0.25) is 0 Å². The summed E-state index contributed by atoms with van der Waals surface area (Å²) >= 11 is 0. The van der Waals surface area contributed by atoms with E-state index in [9.17, 15) is 14.9 Å². The molecule has 0 aromatic carbocycles. The lowest BCUT2D eigenvalue weighted by atomic mass is 10.1. The van der Waals surface area contributed by atoms with E-state index in [2.05, 4.69) is 15.6 Å². The molecular formula is C11H16N4O3.